The second-order valence-electron chi connectivity index (χ2n) is 7.23. The van der Waals surface area contributed by atoms with Gasteiger partial charge in [-0.3, -0.25) is 4.79 Å². The Kier molecular flexibility index (Phi) is 5.84. The number of carbonyl (C=O) groups is 1. The highest BCUT2D eigenvalue weighted by atomic mass is 16.5. The van der Waals surface area contributed by atoms with Crippen LogP contribution in [0.1, 0.15) is 29.9 Å². The molecule has 0 aliphatic carbocycles. The summed E-state index contributed by atoms with van der Waals surface area (Å²) in [6, 6.07) is 15.7. The molecule has 0 radical (unpaired) electrons. The van der Waals surface area contributed by atoms with Crippen LogP contribution in [0.4, 0.5) is 0 Å². The van der Waals surface area contributed by atoms with Gasteiger partial charge >= 0.3 is 5.97 Å². The third-order valence-electron chi connectivity index (χ3n) is 5.09. The van der Waals surface area contributed by atoms with E-state index in [1.807, 2.05) is 61.7 Å². The number of aromatic nitrogens is 2. The molecule has 0 aliphatic rings. The van der Waals surface area contributed by atoms with Crippen LogP contribution in [0.2, 0.25) is 0 Å². The molecule has 0 amide bonds. The maximum absolute atomic E-state index is 10.9. The van der Waals surface area contributed by atoms with Crippen LogP contribution in [0, 0.1) is 6.92 Å². The lowest BCUT2D eigenvalue weighted by atomic mass is 10.1. The zero-order valence-electron chi connectivity index (χ0n) is 16.9. The molecule has 0 atom stereocenters. The first-order chi connectivity index (χ1) is 14.6. The van der Waals surface area contributed by atoms with Crippen molar-refractivity contribution in [3.05, 3.63) is 71.7 Å². The molecule has 4 rings (SSSR count). The molecule has 0 bridgehead atoms. The van der Waals surface area contributed by atoms with E-state index in [-0.39, 0.29) is 6.42 Å². The summed E-state index contributed by atoms with van der Waals surface area (Å²) in [5.41, 5.74) is 3.83. The number of aryl methyl sites for hydroxylation is 3. The smallest absolute Gasteiger partial charge is 0.303 e. The molecule has 2 heterocycles. The first kappa shape index (κ1) is 19.8. The summed E-state index contributed by atoms with van der Waals surface area (Å²) in [4.78, 5) is 18.8. The maximum atomic E-state index is 10.9. The highest BCUT2D eigenvalue weighted by Crippen LogP contribution is 2.30. The van der Waals surface area contributed by atoms with Gasteiger partial charge in [0.1, 0.15) is 11.5 Å². The first-order valence-electron chi connectivity index (χ1n) is 10.1. The van der Waals surface area contributed by atoms with Crippen LogP contribution in [-0.2, 0) is 17.6 Å². The lowest BCUT2D eigenvalue weighted by Crippen LogP contribution is -2.01. The molecule has 154 valence electrons. The number of H-pyrrole nitrogens is 1. The van der Waals surface area contributed by atoms with E-state index >= 15 is 0 Å². The summed E-state index contributed by atoms with van der Waals surface area (Å²) >= 11 is 0. The van der Waals surface area contributed by atoms with Crippen LogP contribution in [0.25, 0.3) is 22.4 Å². The number of fused-ring (bicyclic) bond motifs is 1. The second-order valence-corrected chi connectivity index (χ2v) is 7.23. The van der Waals surface area contributed by atoms with Gasteiger partial charge in [-0.15, -0.1) is 0 Å². The van der Waals surface area contributed by atoms with Crippen LogP contribution < -0.4 is 4.74 Å². The van der Waals surface area contributed by atoms with Gasteiger partial charge in [-0.25, -0.2) is 4.98 Å². The number of nitrogens with one attached hydrogen (secondary N) is 1. The van der Waals surface area contributed by atoms with Gasteiger partial charge in [-0.1, -0.05) is 24.3 Å². The van der Waals surface area contributed by atoms with Crippen molar-refractivity contribution in [1.82, 2.24) is 9.97 Å². The number of ether oxygens (including phenoxy) is 1. The highest BCUT2D eigenvalue weighted by Gasteiger charge is 2.13. The Bertz CT molecular complexity index is 1140. The molecular formula is C24H24N2O4. The van der Waals surface area contributed by atoms with E-state index in [1.54, 1.807) is 0 Å². The fourth-order valence-electron chi connectivity index (χ4n) is 3.56. The van der Waals surface area contributed by atoms with Crippen LogP contribution in [0.15, 0.2) is 59.1 Å². The number of aromatic amines is 1. The molecule has 6 nitrogen and oxygen atoms in total. The molecule has 6 heteroatoms. The van der Waals surface area contributed by atoms with Crippen molar-refractivity contribution >= 4 is 16.9 Å². The average molecular weight is 404 g/mol. The minimum absolute atomic E-state index is 0.0937. The third-order valence-corrected chi connectivity index (χ3v) is 5.09. The van der Waals surface area contributed by atoms with Crippen LogP contribution in [0.3, 0.4) is 0 Å². The molecule has 0 spiro atoms. The molecule has 0 fully saturated rings. The van der Waals surface area contributed by atoms with Crippen LogP contribution in [-0.4, -0.2) is 27.7 Å². The second kappa shape index (κ2) is 8.86. The summed E-state index contributed by atoms with van der Waals surface area (Å²) in [6.45, 7) is 2.47. The van der Waals surface area contributed by atoms with Crippen LogP contribution in [0.5, 0.6) is 5.75 Å². The lowest BCUT2D eigenvalue weighted by molar-refractivity contribution is -0.136. The van der Waals surface area contributed by atoms with E-state index in [4.69, 9.17) is 14.3 Å². The molecule has 0 saturated carbocycles. The van der Waals surface area contributed by atoms with Gasteiger partial charge in [0.2, 0.25) is 5.89 Å². The Morgan fingerprint density at radius 3 is 2.77 bits per heavy atom. The zero-order valence-corrected chi connectivity index (χ0v) is 16.9. The number of hydrogen-bond donors (Lipinski definition) is 2. The number of carboxylic acid groups (broad SMARTS) is 1. The van der Waals surface area contributed by atoms with Gasteiger partial charge < -0.3 is 19.2 Å². The third kappa shape index (κ3) is 4.38. The number of rotatable bonds is 9. The summed E-state index contributed by atoms with van der Waals surface area (Å²) in [6.07, 6.45) is 3.99. The largest absolute Gasteiger partial charge is 0.493 e. The van der Waals surface area contributed by atoms with Crippen molar-refractivity contribution in [1.29, 1.82) is 0 Å². The fourth-order valence-corrected chi connectivity index (χ4v) is 3.56. The molecule has 2 N–H and O–H groups in total. The SMILES string of the molecule is Cc1oc(-c2ccccc2)nc1CCCOc1cccc2[nH]cc(CCC(=O)O)c12. The number of nitrogens with zero attached hydrogens (tertiary/aromatic N) is 1. The lowest BCUT2D eigenvalue weighted by Gasteiger charge is -2.08. The number of benzene rings is 2. The Morgan fingerprint density at radius 1 is 1.13 bits per heavy atom. The van der Waals surface area contributed by atoms with Crippen molar-refractivity contribution in [2.75, 3.05) is 6.61 Å². The van der Waals surface area contributed by atoms with Gasteiger partial charge in [-0.05, 0) is 56.0 Å². The average Bonchev–Trinajstić information content (AvgIpc) is 3.34. The first-order valence-corrected chi connectivity index (χ1v) is 10.1. The van der Waals surface area contributed by atoms with Gasteiger partial charge in [0.05, 0.1) is 12.3 Å². The fraction of sp³-hybridized carbons (Fsp3) is 0.250. The van der Waals surface area contributed by atoms with Gasteiger partial charge in [0, 0.05) is 29.1 Å². The number of hydrogen-bond acceptors (Lipinski definition) is 4. The van der Waals surface area contributed by atoms with Gasteiger partial charge in [-0.2, -0.15) is 0 Å². The highest BCUT2D eigenvalue weighted by molar-refractivity contribution is 5.89. The van der Waals surface area contributed by atoms with E-state index in [0.717, 1.165) is 52.1 Å². The van der Waals surface area contributed by atoms with E-state index in [2.05, 4.69) is 9.97 Å². The summed E-state index contributed by atoms with van der Waals surface area (Å²) in [5, 5.41) is 9.94. The molecule has 2 aromatic carbocycles. The monoisotopic (exact) mass is 404 g/mol. The Hall–Kier alpha value is -3.54. The summed E-state index contributed by atoms with van der Waals surface area (Å²) in [5.74, 6) is 1.44. The predicted molar refractivity (Wildman–Crippen MR) is 115 cm³/mol. The summed E-state index contributed by atoms with van der Waals surface area (Å²) in [7, 11) is 0. The topological polar surface area (TPSA) is 88.4 Å². The molecule has 0 saturated heterocycles. The van der Waals surface area contributed by atoms with Gasteiger partial charge in [0.15, 0.2) is 0 Å². The van der Waals surface area contributed by atoms with E-state index < -0.39 is 5.97 Å². The Labute approximate surface area is 174 Å². The summed E-state index contributed by atoms with van der Waals surface area (Å²) < 4.78 is 11.9. The number of aliphatic carboxylic acids is 1. The van der Waals surface area contributed by atoms with E-state index in [1.165, 1.54) is 0 Å². The molecular weight excluding hydrogens is 380 g/mol. The van der Waals surface area contributed by atoms with Crippen molar-refractivity contribution < 1.29 is 19.1 Å². The van der Waals surface area contributed by atoms with Gasteiger partial charge in [0.25, 0.3) is 0 Å². The molecule has 4 aromatic rings. The Morgan fingerprint density at radius 2 is 1.97 bits per heavy atom. The molecule has 0 aliphatic heterocycles. The zero-order chi connectivity index (χ0) is 20.9. The van der Waals surface area contributed by atoms with Crippen molar-refractivity contribution in [3.8, 4) is 17.2 Å². The molecule has 30 heavy (non-hydrogen) atoms. The quantitative estimate of drug-likeness (QED) is 0.376. The minimum atomic E-state index is -0.805. The normalized spacial score (nSPS) is 11.1. The van der Waals surface area contributed by atoms with Crippen molar-refractivity contribution in [3.63, 3.8) is 0 Å². The molecule has 0 unspecified atom stereocenters. The van der Waals surface area contributed by atoms with E-state index in [0.29, 0.717) is 18.9 Å². The molecule has 2 aromatic heterocycles. The Balaban J connectivity index is 1.39. The van der Waals surface area contributed by atoms with Crippen molar-refractivity contribution in [2.45, 2.75) is 32.6 Å². The number of carboxylic acids is 1. The van der Waals surface area contributed by atoms with Crippen LogP contribution >= 0.6 is 0 Å². The standard InChI is InChI=1S/C24H24N2O4/c1-16-19(26-24(30-16)17-7-3-2-4-8-17)10-6-14-29-21-11-5-9-20-23(21)18(15-25-20)12-13-22(27)28/h2-5,7-9,11,15,25H,6,10,12-14H2,1H3,(H,27,28). The number of oxazole rings is 1. The maximum Gasteiger partial charge on any atom is 0.303 e. The van der Waals surface area contributed by atoms with E-state index in [9.17, 15) is 4.79 Å². The van der Waals surface area contributed by atoms with Crippen molar-refractivity contribution in [2.24, 2.45) is 0 Å². The minimum Gasteiger partial charge on any atom is -0.493 e. The predicted octanol–water partition coefficient (Wildman–Crippen LogP) is 5.16.